The van der Waals surface area contributed by atoms with Crippen molar-refractivity contribution in [2.24, 2.45) is 23.2 Å². The van der Waals surface area contributed by atoms with Crippen molar-refractivity contribution < 1.29 is 14.3 Å². The number of carbonyl (C=O) groups is 2. The van der Waals surface area contributed by atoms with Gasteiger partial charge in [0.2, 0.25) is 5.91 Å². The summed E-state index contributed by atoms with van der Waals surface area (Å²) in [4.78, 5) is 27.8. The van der Waals surface area contributed by atoms with Crippen LogP contribution >= 0.6 is 0 Å². The standard InChI is InChI=1S/C25H33NO3/c1-17-3-5-21(6-4-17)24-12-18-11-19(13-24)15-25(14-18,16-24)23(28)26-9-7-20(8-10-26)22(27)29-2/h3-6,18-20H,7-16H2,1-2H3. The first-order valence-corrected chi connectivity index (χ1v) is 11.4. The predicted molar refractivity (Wildman–Crippen MR) is 111 cm³/mol. The van der Waals surface area contributed by atoms with Gasteiger partial charge in [-0.15, -0.1) is 0 Å². The van der Waals surface area contributed by atoms with E-state index >= 15 is 0 Å². The Morgan fingerprint density at radius 3 is 2.21 bits per heavy atom. The quantitative estimate of drug-likeness (QED) is 0.719. The molecular formula is C25H33NO3. The number of hydrogen-bond donors (Lipinski definition) is 0. The Hall–Kier alpha value is -1.84. The number of ether oxygens (including phenoxy) is 1. The first-order valence-electron chi connectivity index (χ1n) is 11.4. The van der Waals surface area contributed by atoms with Gasteiger partial charge in [-0.2, -0.15) is 0 Å². The highest BCUT2D eigenvalue weighted by molar-refractivity contribution is 5.84. The Bertz CT molecular complexity index is 792. The van der Waals surface area contributed by atoms with Crippen LogP contribution in [0, 0.1) is 30.1 Å². The van der Waals surface area contributed by atoms with E-state index in [1.54, 1.807) is 0 Å². The summed E-state index contributed by atoms with van der Waals surface area (Å²) in [5.41, 5.74) is 2.78. The number of nitrogens with zero attached hydrogens (tertiary/aromatic N) is 1. The van der Waals surface area contributed by atoms with E-state index in [2.05, 4.69) is 36.1 Å². The molecule has 29 heavy (non-hydrogen) atoms. The highest BCUT2D eigenvalue weighted by Crippen LogP contribution is 2.66. The van der Waals surface area contributed by atoms with Crippen LogP contribution in [-0.2, 0) is 19.7 Å². The van der Waals surface area contributed by atoms with Gasteiger partial charge in [0.15, 0.2) is 0 Å². The molecule has 0 radical (unpaired) electrons. The van der Waals surface area contributed by atoms with Crippen LogP contribution in [0.3, 0.4) is 0 Å². The van der Waals surface area contributed by atoms with Gasteiger partial charge in [0.05, 0.1) is 18.4 Å². The monoisotopic (exact) mass is 395 g/mol. The van der Waals surface area contributed by atoms with Gasteiger partial charge in [-0.25, -0.2) is 0 Å². The molecule has 1 aromatic carbocycles. The highest BCUT2D eigenvalue weighted by Gasteiger charge is 2.61. The molecular weight excluding hydrogens is 362 g/mol. The molecule has 0 aromatic heterocycles. The highest BCUT2D eigenvalue weighted by atomic mass is 16.5. The SMILES string of the molecule is COC(=O)C1CCN(C(=O)C23CC4CC(C2)CC(c2ccc(C)cc2)(C4)C3)CC1. The Balaban J connectivity index is 1.38. The molecule has 4 aliphatic carbocycles. The van der Waals surface area contributed by atoms with Crippen molar-refractivity contribution in [2.75, 3.05) is 20.2 Å². The van der Waals surface area contributed by atoms with E-state index in [4.69, 9.17) is 4.74 Å². The third kappa shape index (κ3) is 3.10. The molecule has 1 heterocycles. The van der Waals surface area contributed by atoms with Gasteiger partial charge in [0.1, 0.15) is 0 Å². The van der Waals surface area contributed by atoms with Gasteiger partial charge in [-0.05, 0) is 81.1 Å². The Morgan fingerprint density at radius 2 is 1.62 bits per heavy atom. The third-order valence-corrected chi connectivity index (χ3v) is 8.50. The zero-order chi connectivity index (χ0) is 20.2. The minimum atomic E-state index is -0.174. The minimum absolute atomic E-state index is 0.0423. The van der Waals surface area contributed by atoms with Crippen LogP contribution in [0.15, 0.2) is 24.3 Å². The third-order valence-electron chi connectivity index (χ3n) is 8.50. The number of rotatable bonds is 3. The summed E-state index contributed by atoms with van der Waals surface area (Å²) in [6, 6.07) is 9.12. The second kappa shape index (κ2) is 6.85. The summed E-state index contributed by atoms with van der Waals surface area (Å²) in [5.74, 6) is 1.60. The van der Waals surface area contributed by atoms with Crippen molar-refractivity contribution in [1.29, 1.82) is 0 Å². The summed E-state index contributed by atoms with van der Waals surface area (Å²) in [5, 5.41) is 0. The molecule has 4 bridgehead atoms. The molecule has 1 aliphatic heterocycles. The van der Waals surface area contributed by atoms with Crippen molar-refractivity contribution in [3.63, 3.8) is 0 Å². The number of aryl methyl sites for hydroxylation is 1. The number of esters is 1. The van der Waals surface area contributed by atoms with Gasteiger partial charge < -0.3 is 9.64 Å². The van der Waals surface area contributed by atoms with Crippen LogP contribution in [-0.4, -0.2) is 37.0 Å². The zero-order valence-corrected chi connectivity index (χ0v) is 17.8. The van der Waals surface area contributed by atoms with Gasteiger partial charge in [0, 0.05) is 13.1 Å². The maximum absolute atomic E-state index is 13.8. The fraction of sp³-hybridized carbons (Fsp3) is 0.680. The molecule has 2 unspecified atom stereocenters. The van der Waals surface area contributed by atoms with E-state index < -0.39 is 0 Å². The van der Waals surface area contributed by atoms with Gasteiger partial charge in [0.25, 0.3) is 0 Å². The van der Waals surface area contributed by atoms with E-state index in [1.165, 1.54) is 37.5 Å². The number of carbonyl (C=O) groups excluding carboxylic acids is 2. The number of methoxy groups -OCH3 is 1. The summed E-state index contributed by atoms with van der Waals surface area (Å²) in [6.07, 6.45) is 8.48. The molecule has 0 N–H and O–H groups in total. The second-order valence-corrected chi connectivity index (χ2v) is 10.5. The summed E-state index contributed by atoms with van der Waals surface area (Å²) >= 11 is 0. The Morgan fingerprint density at radius 1 is 1.00 bits per heavy atom. The molecule has 2 atom stereocenters. The average Bonchev–Trinajstić information content (AvgIpc) is 2.72. The van der Waals surface area contributed by atoms with Crippen molar-refractivity contribution >= 4 is 11.9 Å². The van der Waals surface area contributed by atoms with Gasteiger partial charge >= 0.3 is 5.97 Å². The van der Waals surface area contributed by atoms with E-state index in [-0.39, 0.29) is 22.7 Å². The van der Waals surface area contributed by atoms with Crippen molar-refractivity contribution in [2.45, 2.75) is 63.7 Å². The molecule has 1 saturated heterocycles. The normalized spacial score (nSPS) is 36.3. The van der Waals surface area contributed by atoms with Crippen LogP contribution < -0.4 is 0 Å². The average molecular weight is 396 g/mol. The summed E-state index contributed by atoms with van der Waals surface area (Å²) in [6.45, 7) is 3.55. The smallest absolute Gasteiger partial charge is 0.308 e. The molecule has 5 fully saturated rings. The van der Waals surface area contributed by atoms with Crippen LogP contribution in [0.5, 0.6) is 0 Å². The van der Waals surface area contributed by atoms with Gasteiger partial charge in [-0.3, -0.25) is 9.59 Å². The molecule has 1 amide bonds. The largest absolute Gasteiger partial charge is 0.469 e. The molecule has 156 valence electrons. The lowest BCUT2D eigenvalue weighted by atomic mass is 9.42. The minimum Gasteiger partial charge on any atom is -0.469 e. The number of piperidine rings is 1. The topological polar surface area (TPSA) is 46.6 Å². The number of amides is 1. The maximum Gasteiger partial charge on any atom is 0.308 e. The predicted octanol–water partition coefficient (Wildman–Crippen LogP) is 4.24. The fourth-order valence-corrected chi connectivity index (χ4v) is 7.58. The molecule has 0 spiro atoms. The molecule has 6 rings (SSSR count). The fourth-order valence-electron chi connectivity index (χ4n) is 7.58. The Labute approximate surface area is 174 Å². The lowest BCUT2D eigenvalue weighted by Gasteiger charge is -2.62. The number of benzene rings is 1. The van der Waals surface area contributed by atoms with Gasteiger partial charge in [-0.1, -0.05) is 29.8 Å². The first kappa shape index (κ1) is 19.1. The van der Waals surface area contributed by atoms with Crippen molar-refractivity contribution in [1.82, 2.24) is 4.90 Å². The summed E-state index contributed by atoms with van der Waals surface area (Å²) in [7, 11) is 1.46. The van der Waals surface area contributed by atoms with E-state index in [0.29, 0.717) is 30.8 Å². The number of hydrogen-bond acceptors (Lipinski definition) is 3. The van der Waals surface area contributed by atoms with Crippen LogP contribution in [0.2, 0.25) is 0 Å². The molecule has 1 aromatic rings. The molecule has 4 heteroatoms. The lowest BCUT2D eigenvalue weighted by Crippen LogP contribution is -2.60. The van der Waals surface area contributed by atoms with Crippen molar-refractivity contribution in [3.8, 4) is 0 Å². The van der Waals surface area contributed by atoms with Crippen LogP contribution in [0.4, 0.5) is 0 Å². The zero-order valence-electron chi connectivity index (χ0n) is 17.8. The molecule has 4 saturated carbocycles. The number of likely N-dealkylation sites (tertiary alicyclic amines) is 1. The second-order valence-electron chi connectivity index (χ2n) is 10.5. The van der Waals surface area contributed by atoms with Crippen molar-refractivity contribution in [3.05, 3.63) is 35.4 Å². The van der Waals surface area contributed by atoms with E-state index in [0.717, 1.165) is 32.1 Å². The maximum atomic E-state index is 13.8. The summed E-state index contributed by atoms with van der Waals surface area (Å²) < 4.78 is 4.91. The van der Waals surface area contributed by atoms with E-state index in [9.17, 15) is 9.59 Å². The molecule has 4 nitrogen and oxygen atoms in total. The Kier molecular flexibility index (Phi) is 4.52. The van der Waals surface area contributed by atoms with Crippen LogP contribution in [0.25, 0.3) is 0 Å². The molecule has 5 aliphatic rings. The van der Waals surface area contributed by atoms with Crippen LogP contribution in [0.1, 0.15) is 62.5 Å². The lowest BCUT2D eigenvalue weighted by molar-refractivity contribution is -0.163. The van der Waals surface area contributed by atoms with E-state index in [1.807, 2.05) is 0 Å². The first-order chi connectivity index (χ1) is 13.9.